The lowest BCUT2D eigenvalue weighted by Gasteiger charge is -2.32. The third-order valence-corrected chi connectivity index (χ3v) is 7.90. The highest BCUT2D eigenvalue weighted by atomic mass is 32.2. The highest BCUT2D eigenvalue weighted by Gasteiger charge is 2.26. The molecule has 2 fully saturated rings. The second kappa shape index (κ2) is 11.7. The van der Waals surface area contributed by atoms with E-state index in [9.17, 15) is 18.4 Å². The Bertz CT molecular complexity index is 1650. The van der Waals surface area contributed by atoms with Gasteiger partial charge in [-0.15, -0.1) is 0 Å². The maximum Gasteiger partial charge on any atom is 0.290 e. The van der Waals surface area contributed by atoms with Crippen molar-refractivity contribution in [2.24, 2.45) is 5.92 Å². The van der Waals surface area contributed by atoms with Crippen molar-refractivity contribution in [3.63, 3.8) is 0 Å². The number of thioether (sulfide) groups is 1. The number of anilines is 1. The maximum absolute atomic E-state index is 13.8. The number of aromatic nitrogens is 4. The summed E-state index contributed by atoms with van der Waals surface area (Å²) in [4.78, 5) is 42.6. The van der Waals surface area contributed by atoms with Gasteiger partial charge in [0, 0.05) is 48.9 Å². The van der Waals surface area contributed by atoms with E-state index in [4.69, 9.17) is 4.98 Å². The van der Waals surface area contributed by atoms with Crippen LogP contribution in [0.25, 0.3) is 28.1 Å². The lowest BCUT2D eigenvalue weighted by molar-refractivity contribution is -0.115. The van der Waals surface area contributed by atoms with Gasteiger partial charge in [-0.3, -0.25) is 19.9 Å². The third kappa shape index (κ3) is 6.23. The van der Waals surface area contributed by atoms with E-state index >= 15 is 0 Å². The summed E-state index contributed by atoms with van der Waals surface area (Å²) in [6.45, 7) is 2.88. The molecule has 0 saturated carbocycles. The molecule has 2 aliphatic rings. The number of carbonyl (C=O) groups excluding carboxylic acids is 2. The Kier molecular flexibility index (Phi) is 7.66. The minimum absolute atomic E-state index is 0.317. The highest BCUT2D eigenvalue weighted by molar-refractivity contribution is 8.18. The maximum atomic E-state index is 13.8. The Labute approximate surface area is 238 Å². The summed E-state index contributed by atoms with van der Waals surface area (Å²) in [7, 11) is 0. The lowest BCUT2D eigenvalue weighted by atomic mass is 9.97. The molecule has 0 aliphatic carbocycles. The molecule has 0 atom stereocenters. The van der Waals surface area contributed by atoms with Gasteiger partial charge in [-0.2, -0.15) is 13.8 Å². The van der Waals surface area contributed by atoms with Gasteiger partial charge in [0.2, 0.25) is 17.8 Å². The minimum atomic E-state index is -0.883. The fourth-order valence-corrected chi connectivity index (χ4v) is 5.71. The Balaban J connectivity index is 1.08. The van der Waals surface area contributed by atoms with Gasteiger partial charge in [0.15, 0.2) is 0 Å². The summed E-state index contributed by atoms with van der Waals surface area (Å²) in [5.74, 6) is -1.14. The molecular formula is C29H25F2N7O2S. The van der Waals surface area contributed by atoms with Crippen LogP contribution in [-0.4, -0.2) is 50.7 Å². The molecule has 2 N–H and O–H groups in total. The van der Waals surface area contributed by atoms with Gasteiger partial charge in [0.05, 0.1) is 22.0 Å². The molecule has 4 aromatic rings. The van der Waals surface area contributed by atoms with E-state index in [1.165, 1.54) is 12.1 Å². The van der Waals surface area contributed by atoms with Crippen LogP contribution >= 0.6 is 11.8 Å². The van der Waals surface area contributed by atoms with Gasteiger partial charge in [-0.1, -0.05) is 24.3 Å². The summed E-state index contributed by atoms with van der Waals surface area (Å²) < 4.78 is 27.5. The molecule has 2 amide bonds. The molecule has 5 heterocycles. The average molecular weight is 574 g/mol. The molecule has 1 aromatic carbocycles. The number of imide groups is 1. The first-order chi connectivity index (χ1) is 19.9. The SMILES string of the molecule is O=C1NC(=O)C(=Cc2ccnc(N3CCC(CNCc4nc(-c5cc(F)nc(F)c5)cc5ccccc45)CC3)n2)S1. The summed E-state index contributed by atoms with van der Waals surface area (Å²) in [6, 6.07) is 13.7. The summed E-state index contributed by atoms with van der Waals surface area (Å²) in [5, 5.41) is 7.31. The number of pyridine rings is 2. The molecule has 9 nitrogen and oxygen atoms in total. The molecule has 2 saturated heterocycles. The van der Waals surface area contributed by atoms with Crippen LogP contribution < -0.4 is 15.5 Å². The van der Waals surface area contributed by atoms with Crippen molar-refractivity contribution in [2.45, 2.75) is 19.4 Å². The molecule has 6 rings (SSSR count). The molecule has 0 unspecified atom stereocenters. The monoisotopic (exact) mass is 573 g/mol. The van der Waals surface area contributed by atoms with Crippen LogP contribution in [-0.2, 0) is 11.3 Å². The lowest BCUT2D eigenvalue weighted by Crippen LogP contribution is -2.38. The largest absolute Gasteiger partial charge is 0.341 e. The zero-order chi connectivity index (χ0) is 28.3. The van der Waals surface area contributed by atoms with E-state index in [1.807, 2.05) is 30.3 Å². The summed E-state index contributed by atoms with van der Waals surface area (Å²) >= 11 is 0.861. The smallest absolute Gasteiger partial charge is 0.290 e. The van der Waals surface area contributed by atoms with E-state index in [0.29, 0.717) is 40.3 Å². The predicted octanol–water partition coefficient (Wildman–Crippen LogP) is 4.70. The predicted molar refractivity (Wildman–Crippen MR) is 153 cm³/mol. The number of amides is 2. The van der Waals surface area contributed by atoms with Crippen LogP contribution in [0.15, 0.2) is 59.6 Å². The zero-order valence-electron chi connectivity index (χ0n) is 21.8. The highest BCUT2D eigenvalue weighted by Crippen LogP contribution is 2.27. The normalized spacial score (nSPS) is 17.0. The second-order valence-electron chi connectivity index (χ2n) is 9.87. The van der Waals surface area contributed by atoms with Crippen molar-refractivity contribution in [2.75, 3.05) is 24.5 Å². The second-order valence-corrected chi connectivity index (χ2v) is 10.9. The van der Waals surface area contributed by atoms with Crippen molar-refractivity contribution in [1.82, 2.24) is 30.6 Å². The first kappa shape index (κ1) is 26.9. The number of rotatable bonds is 7. The van der Waals surface area contributed by atoms with Crippen LogP contribution in [0.1, 0.15) is 24.2 Å². The molecule has 0 radical (unpaired) electrons. The Morgan fingerprint density at radius 3 is 2.56 bits per heavy atom. The number of halogens is 2. The van der Waals surface area contributed by atoms with Crippen LogP contribution in [0, 0.1) is 17.8 Å². The molecule has 12 heteroatoms. The Hall–Kier alpha value is -4.29. The fourth-order valence-electron chi connectivity index (χ4n) is 5.05. The Morgan fingerprint density at radius 1 is 1.02 bits per heavy atom. The van der Waals surface area contributed by atoms with Gasteiger partial charge < -0.3 is 10.2 Å². The van der Waals surface area contributed by atoms with Crippen molar-refractivity contribution in [1.29, 1.82) is 0 Å². The summed E-state index contributed by atoms with van der Waals surface area (Å²) in [5.41, 5.74) is 2.22. The van der Waals surface area contributed by atoms with Gasteiger partial charge in [-0.25, -0.2) is 9.97 Å². The van der Waals surface area contributed by atoms with E-state index in [2.05, 4.69) is 30.5 Å². The minimum Gasteiger partial charge on any atom is -0.341 e. The van der Waals surface area contributed by atoms with Crippen molar-refractivity contribution in [3.8, 4) is 11.3 Å². The van der Waals surface area contributed by atoms with Gasteiger partial charge in [0.25, 0.3) is 11.1 Å². The molecular weight excluding hydrogens is 548 g/mol. The molecule has 41 heavy (non-hydrogen) atoms. The number of hydrogen-bond donors (Lipinski definition) is 2. The van der Waals surface area contributed by atoms with Crippen LogP contribution in [0.2, 0.25) is 0 Å². The van der Waals surface area contributed by atoms with E-state index < -0.39 is 17.8 Å². The number of nitrogens with zero attached hydrogens (tertiary/aromatic N) is 5. The number of carbonyl (C=O) groups is 2. The quantitative estimate of drug-likeness (QED) is 0.240. The fraction of sp³-hybridized carbons (Fsp3) is 0.241. The van der Waals surface area contributed by atoms with Crippen LogP contribution in [0.3, 0.4) is 0 Å². The summed E-state index contributed by atoms with van der Waals surface area (Å²) in [6.07, 6.45) is 5.14. The van der Waals surface area contributed by atoms with Crippen LogP contribution in [0.5, 0.6) is 0 Å². The molecule has 0 bridgehead atoms. The first-order valence-corrected chi connectivity index (χ1v) is 14.0. The van der Waals surface area contributed by atoms with Gasteiger partial charge in [-0.05, 0) is 60.7 Å². The van der Waals surface area contributed by atoms with Crippen molar-refractivity contribution < 1.29 is 18.4 Å². The Morgan fingerprint density at radius 2 is 1.80 bits per heavy atom. The molecule has 208 valence electrons. The van der Waals surface area contributed by atoms with Gasteiger partial charge in [0.1, 0.15) is 0 Å². The van der Waals surface area contributed by atoms with E-state index in [0.717, 1.165) is 60.7 Å². The van der Waals surface area contributed by atoms with Crippen molar-refractivity contribution >= 4 is 45.7 Å². The number of benzene rings is 1. The van der Waals surface area contributed by atoms with E-state index in [1.54, 1.807) is 18.3 Å². The van der Waals surface area contributed by atoms with Crippen LogP contribution in [0.4, 0.5) is 19.5 Å². The van der Waals surface area contributed by atoms with E-state index in [-0.39, 0.29) is 5.24 Å². The van der Waals surface area contributed by atoms with Gasteiger partial charge >= 0.3 is 0 Å². The average Bonchev–Trinajstić information content (AvgIpc) is 3.28. The topological polar surface area (TPSA) is 113 Å². The van der Waals surface area contributed by atoms with Crippen molar-refractivity contribution in [3.05, 3.63) is 82.9 Å². The standard InChI is InChI=1S/C29H25F2N7O2S/c30-25-12-19(13-26(31)36-25)22-11-18-3-1-2-4-21(18)23(35-22)16-32-15-17-6-9-38(10-7-17)28-33-8-5-20(34-28)14-24-27(39)37-29(40)41-24/h1-5,8,11-14,17,32H,6-7,9-10,15-16H2,(H,37,39,40). The number of hydrogen-bond acceptors (Lipinski definition) is 9. The third-order valence-electron chi connectivity index (χ3n) is 7.09. The number of piperidine rings is 1. The molecule has 2 aliphatic heterocycles. The zero-order valence-corrected chi connectivity index (χ0v) is 22.6. The molecule has 3 aromatic heterocycles. The molecule has 0 spiro atoms. The number of fused-ring (bicyclic) bond motifs is 1. The first-order valence-electron chi connectivity index (χ1n) is 13.2. The number of nitrogens with one attached hydrogen (secondary N) is 2.